The molecule has 0 fully saturated rings. The van der Waals surface area contributed by atoms with Crippen LogP contribution in [0.15, 0.2) is 16.5 Å². The number of rotatable bonds is 5. The van der Waals surface area contributed by atoms with Crippen LogP contribution in [0.5, 0.6) is 0 Å². The zero-order valence-electron chi connectivity index (χ0n) is 10.1. The smallest absolute Gasteiger partial charge is 0.373 e. The highest BCUT2D eigenvalue weighted by Crippen LogP contribution is 2.33. The lowest BCUT2D eigenvalue weighted by atomic mass is 10.3. The van der Waals surface area contributed by atoms with Crippen molar-refractivity contribution in [3.05, 3.63) is 23.7 Å². The molecular formula is C12H18O3S. The number of methoxy groups -OCH3 is 1. The van der Waals surface area contributed by atoms with E-state index in [-0.39, 0.29) is 11.0 Å². The van der Waals surface area contributed by atoms with Gasteiger partial charge in [-0.15, -0.1) is 11.8 Å². The molecular weight excluding hydrogens is 224 g/mol. The second-order valence-electron chi connectivity index (χ2n) is 3.69. The van der Waals surface area contributed by atoms with E-state index in [0.717, 1.165) is 12.2 Å². The fraction of sp³-hybridized carbons (Fsp3) is 0.583. The van der Waals surface area contributed by atoms with Gasteiger partial charge >= 0.3 is 5.97 Å². The highest BCUT2D eigenvalue weighted by atomic mass is 32.2. The van der Waals surface area contributed by atoms with Gasteiger partial charge in [-0.3, -0.25) is 0 Å². The molecule has 4 heteroatoms. The number of furan rings is 1. The van der Waals surface area contributed by atoms with E-state index < -0.39 is 5.97 Å². The molecule has 1 heterocycles. The number of thioether (sulfide) groups is 1. The Kier molecular flexibility index (Phi) is 4.93. The van der Waals surface area contributed by atoms with E-state index in [2.05, 4.69) is 25.5 Å². The molecule has 2 atom stereocenters. The van der Waals surface area contributed by atoms with E-state index in [1.54, 1.807) is 6.07 Å². The van der Waals surface area contributed by atoms with Gasteiger partial charge in [-0.25, -0.2) is 4.79 Å². The maximum absolute atomic E-state index is 11.2. The van der Waals surface area contributed by atoms with Crippen LogP contribution < -0.4 is 0 Å². The molecule has 0 radical (unpaired) electrons. The standard InChI is InChI=1S/C12H18O3S/c1-5-8(2)16-9(3)10-6-7-11(15-10)12(13)14-4/h6-9H,5H2,1-4H3. The van der Waals surface area contributed by atoms with Crippen LogP contribution in [-0.4, -0.2) is 18.3 Å². The lowest BCUT2D eigenvalue weighted by Crippen LogP contribution is -1.99. The van der Waals surface area contributed by atoms with Crippen molar-refractivity contribution in [3.8, 4) is 0 Å². The van der Waals surface area contributed by atoms with Crippen molar-refractivity contribution in [1.29, 1.82) is 0 Å². The molecule has 90 valence electrons. The van der Waals surface area contributed by atoms with Crippen LogP contribution in [0.25, 0.3) is 0 Å². The van der Waals surface area contributed by atoms with Crippen molar-refractivity contribution in [3.63, 3.8) is 0 Å². The quantitative estimate of drug-likeness (QED) is 0.739. The summed E-state index contributed by atoms with van der Waals surface area (Å²) in [7, 11) is 1.35. The van der Waals surface area contributed by atoms with Crippen LogP contribution in [-0.2, 0) is 4.74 Å². The van der Waals surface area contributed by atoms with E-state index >= 15 is 0 Å². The van der Waals surface area contributed by atoms with E-state index in [0.29, 0.717) is 5.25 Å². The molecule has 1 rings (SSSR count). The van der Waals surface area contributed by atoms with Crippen LogP contribution in [0.1, 0.15) is 48.8 Å². The van der Waals surface area contributed by atoms with Crippen LogP contribution in [0.3, 0.4) is 0 Å². The molecule has 0 saturated carbocycles. The molecule has 2 unspecified atom stereocenters. The van der Waals surface area contributed by atoms with Crippen molar-refractivity contribution in [2.45, 2.75) is 37.7 Å². The molecule has 1 aromatic rings. The molecule has 0 spiro atoms. The fourth-order valence-corrected chi connectivity index (χ4v) is 2.44. The maximum atomic E-state index is 11.2. The minimum Gasteiger partial charge on any atom is -0.463 e. The van der Waals surface area contributed by atoms with Gasteiger partial charge in [0.25, 0.3) is 0 Å². The minimum absolute atomic E-state index is 0.258. The summed E-state index contributed by atoms with van der Waals surface area (Å²) in [6.07, 6.45) is 1.12. The summed E-state index contributed by atoms with van der Waals surface area (Å²) in [5.41, 5.74) is 0. The fourth-order valence-electron chi connectivity index (χ4n) is 1.29. The number of hydrogen-bond acceptors (Lipinski definition) is 4. The molecule has 3 nitrogen and oxygen atoms in total. The van der Waals surface area contributed by atoms with Crippen molar-refractivity contribution >= 4 is 17.7 Å². The molecule has 0 aliphatic rings. The molecule has 16 heavy (non-hydrogen) atoms. The maximum Gasteiger partial charge on any atom is 0.373 e. The van der Waals surface area contributed by atoms with Crippen molar-refractivity contribution < 1.29 is 13.9 Å². The Labute approximate surface area is 101 Å². The first-order valence-electron chi connectivity index (χ1n) is 5.42. The van der Waals surface area contributed by atoms with Gasteiger partial charge in [0.2, 0.25) is 5.76 Å². The van der Waals surface area contributed by atoms with Gasteiger partial charge in [-0.1, -0.05) is 13.8 Å². The van der Waals surface area contributed by atoms with E-state index in [1.807, 2.05) is 17.8 Å². The van der Waals surface area contributed by atoms with Crippen LogP contribution >= 0.6 is 11.8 Å². The van der Waals surface area contributed by atoms with Crippen LogP contribution in [0.2, 0.25) is 0 Å². The second kappa shape index (κ2) is 5.99. The van der Waals surface area contributed by atoms with E-state index in [1.165, 1.54) is 7.11 Å². The molecule has 0 aliphatic heterocycles. The molecule has 0 bridgehead atoms. The first kappa shape index (κ1) is 13.2. The van der Waals surface area contributed by atoms with Gasteiger partial charge in [0, 0.05) is 5.25 Å². The van der Waals surface area contributed by atoms with Crippen molar-refractivity contribution in [1.82, 2.24) is 0 Å². The topological polar surface area (TPSA) is 39.4 Å². The summed E-state index contributed by atoms with van der Waals surface area (Å²) in [6, 6.07) is 3.50. The largest absolute Gasteiger partial charge is 0.463 e. The van der Waals surface area contributed by atoms with Crippen molar-refractivity contribution in [2.75, 3.05) is 7.11 Å². The summed E-state index contributed by atoms with van der Waals surface area (Å²) in [6.45, 7) is 6.43. The summed E-state index contributed by atoms with van der Waals surface area (Å²) in [5, 5.41) is 0.843. The number of carbonyl (C=O) groups excluding carboxylic acids is 1. The highest BCUT2D eigenvalue weighted by Gasteiger charge is 2.17. The van der Waals surface area contributed by atoms with E-state index in [4.69, 9.17) is 4.42 Å². The Balaban J connectivity index is 2.66. The molecule has 1 aromatic heterocycles. The highest BCUT2D eigenvalue weighted by molar-refractivity contribution is 8.00. The van der Waals surface area contributed by atoms with Gasteiger partial charge in [-0.05, 0) is 25.5 Å². The van der Waals surface area contributed by atoms with Crippen LogP contribution in [0.4, 0.5) is 0 Å². The Hall–Kier alpha value is -0.900. The zero-order chi connectivity index (χ0) is 12.1. The number of carbonyl (C=O) groups is 1. The van der Waals surface area contributed by atoms with Gasteiger partial charge < -0.3 is 9.15 Å². The predicted molar refractivity (Wildman–Crippen MR) is 65.8 cm³/mol. The van der Waals surface area contributed by atoms with Crippen molar-refractivity contribution in [2.24, 2.45) is 0 Å². The number of hydrogen-bond donors (Lipinski definition) is 0. The summed E-state index contributed by atoms with van der Waals surface area (Å²) >= 11 is 1.84. The molecule has 0 N–H and O–H groups in total. The Morgan fingerprint density at radius 3 is 2.75 bits per heavy atom. The normalized spacial score (nSPS) is 14.5. The Morgan fingerprint density at radius 1 is 1.50 bits per heavy atom. The first-order chi connectivity index (χ1) is 7.58. The molecule has 0 aromatic carbocycles. The average Bonchev–Trinajstić information content (AvgIpc) is 2.77. The third-order valence-corrected chi connectivity index (χ3v) is 3.86. The summed E-state index contributed by atoms with van der Waals surface area (Å²) in [4.78, 5) is 11.2. The van der Waals surface area contributed by atoms with Crippen LogP contribution in [0, 0.1) is 0 Å². The summed E-state index contributed by atoms with van der Waals surface area (Å²) in [5.74, 6) is 0.673. The number of ether oxygens (including phenoxy) is 1. The lowest BCUT2D eigenvalue weighted by molar-refractivity contribution is 0.0563. The van der Waals surface area contributed by atoms with Gasteiger partial charge in [0.1, 0.15) is 5.76 Å². The molecule has 0 amide bonds. The third-order valence-electron chi connectivity index (χ3n) is 2.43. The van der Waals surface area contributed by atoms with E-state index in [9.17, 15) is 4.79 Å². The third kappa shape index (κ3) is 3.30. The van der Waals surface area contributed by atoms with Gasteiger partial charge in [-0.2, -0.15) is 0 Å². The SMILES string of the molecule is CCC(C)SC(C)c1ccc(C(=O)OC)o1. The van der Waals surface area contributed by atoms with Gasteiger partial charge in [0.05, 0.1) is 12.4 Å². The zero-order valence-corrected chi connectivity index (χ0v) is 11.0. The summed E-state index contributed by atoms with van der Waals surface area (Å²) < 4.78 is 10.0. The molecule has 0 saturated heterocycles. The number of esters is 1. The Bertz CT molecular complexity index is 346. The second-order valence-corrected chi connectivity index (χ2v) is 5.47. The molecule has 0 aliphatic carbocycles. The minimum atomic E-state index is -0.424. The average molecular weight is 242 g/mol. The monoisotopic (exact) mass is 242 g/mol. The predicted octanol–water partition coefficient (Wildman–Crippen LogP) is 3.66. The first-order valence-corrected chi connectivity index (χ1v) is 6.36. The Morgan fingerprint density at radius 2 is 2.19 bits per heavy atom. The lowest BCUT2D eigenvalue weighted by Gasteiger charge is -2.13. The van der Waals surface area contributed by atoms with Gasteiger partial charge in [0.15, 0.2) is 0 Å².